The molecule has 2 aromatic rings. The van der Waals surface area contributed by atoms with Gasteiger partial charge in [0.1, 0.15) is 9.50 Å². The van der Waals surface area contributed by atoms with Crippen molar-refractivity contribution >= 4 is 54.8 Å². The minimum absolute atomic E-state index is 0.0627. The molecule has 1 aromatic heterocycles. The van der Waals surface area contributed by atoms with Crippen molar-refractivity contribution in [3.8, 4) is 0 Å². The molecule has 8 heteroatoms. The molecular formula is C12H9BrCl2N2O2S. The first-order valence-corrected chi connectivity index (χ1v) is 8.44. The number of rotatable bonds is 3. The van der Waals surface area contributed by atoms with Gasteiger partial charge in [0.15, 0.2) is 0 Å². The maximum absolute atomic E-state index is 12.4. The van der Waals surface area contributed by atoms with Crippen LogP contribution in [0.3, 0.4) is 0 Å². The Bertz CT molecular complexity index is 746. The fourth-order valence-corrected chi connectivity index (χ4v) is 4.24. The lowest BCUT2D eigenvalue weighted by molar-refractivity contribution is 0.601. The number of hydrogen-bond acceptors (Lipinski definition) is 3. The van der Waals surface area contributed by atoms with Gasteiger partial charge in [-0.3, -0.25) is 4.72 Å². The van der Waals surface area contributed by atoms with E-state index >= 15 is 0 Å². The first kappa shape index (κ1) is 15.6. The van der Waals surface area contributed by atoms with Crippen LogP contribution in [0, 0.1) is 6.92 Å². The minimum atomic E-state index is -3.88. The lowest BCUT2D eigenvalue weighted by atomic mass is 10.3. The van der Waals surface area contributed by atoms with Gasteiger partial charge in [0, 0.05) is 0 Å². The van der Waals surface area contributed by atoms with Crippen LogP contribution in [0.4, 0.5) is 5.69 Å². The van der Waals surface area contributed by atoms with Gasteiger partial charge in [-0.05, 0) is 47.1 Å². The lowest BCUT2D eigenvalue weighted by Crippen LogP contribution is -2.15. The van der Waals surface area contributed by atoms with Crippen molar-refractivity contribution < 1.29 is 8.42 Å². The quantitative estimate of drug-likeness (QED) is 0.789. The van der Waals surface area contributed by atoms with Crippen LogP contribution in [0.1, 0.15) is 5.69 Å². The number of hydrogen-bond donors (Lipinski definition) is 1. The van der Waals surface area contributed by atoms with Gasteiger partial charge in [-0.1, -0.05) is 29.3 Å². The summed E-state index contributed by atoms with van der Waals surface area (Å²) in [7, 11) is -3.88. The average Bonchev–Trinajstić information content (AvgIpc) is 2.32. The second kappa shape index (κ2) is 5.89. The largest absolute Gasteiger partial charge is 0.278 e. The summed E-state index contributed by atoms with van der Waals surface area (Å²) in [5, 5.41) is 0.125. The van der Waals surface area contributed by atoms with E-state index in [1.807, 2.05) is 0 Å². The molecule has 0 unspecified atom stereocenters. The second-order valence-electron chi connectivity index (χ2n) is 3.92. The molecule has 1 N–H and O–H groups in total. The molecule has 4 nitrogen and oxygen atoms in total. The molecule has 0 radical (unpaired) electrons. The summed E-state index contributed by atoms with van der Waals surface area (Å²) in [6, 6.07) is 7.76. The predicted molar refractivity (Wildman–Crippen MR) is 83.9 cm³/mol. The molecule has 0 bridgehead atoms. The molecule has 0 amide bonds. The normalized spacial score (nSPS) is 11.4. The number of sulfonamides is 1. The fourth-order valence-electron chi connectivity index (χ4n) is 1.57. The Kier molecular flexibility index (Phi) is 4.59. The second-order valence-corrected chi connectivity index (χ2v) is 7.17. The van der Waals surface area contributed by atoms with E-state index in [4.69, 9.17) is 23.2 Å². The highest BCUT2D eigenvalue weighted by Crippen LogP contribution is 2.31. The fraction of sp³-hybridized carbons (Fsp3) is 0.0833. The molecule has 0 aliphatic rings. The Morgan fingerprint density at radius 2 is 1.75 bits per heavy atom. The number of anilines is 1. The third-order valence-electron chi connectivity index (χ3n) is 2.48. The summed E-state index contributed by atoms with van der Waals surface area (Å²) in [5.74, 6) is 0. The SMILES string of the molecule is Cc1nc(Br)ccc1NS(=O)(=O)c1c(Cl)cccc1Cl. The molecule has 0 aliphatic carbocycles. The third-order valence-corrected chi connectivity index (χ3v) is 5.25. The van der Waals surface area contributed by atoms with Gasteiger partial charge in [-0.25, -0.2) is 13.4 Å². The first-order chi connectivity index (χ1) is 9.31. The van der Waals surface area contributed by atoms with E-state index in [1.165, 1.54) is 12.1 Å². The van der Waals surface area contributed by atoms with Gasteiger partial charge in [-0.15, -0.1) is 0 Å². The maximum Gasteiger partial charge on any atom is 0.264 e. The molecule has 1 aromatic carbocycles. The molecule has 20 heavy (non-hydrogen) atoms. The summed E-state index contributed by atoms with van der Waals surface area (Å²) >= 11 is 15.1. The Morgan fingerprint density at radius 3 is 2.30 bits per heavy atom. The molecule has 0 saturated carbocycles. The van der Waals surface area contributed by atoms with E-state index in [0.29, 0.717) is 16.0 Å². The smallest absolute Gasteiger partial charge is 0.264 e. The maximum atomic E-state index is 12.4. The molecule has 0 atom stereocenters. The zero-order chi connectivity index (χ0) is 14.9. The Morgan fingerprint density at radius 1 is 1.15 bits per heavy atom. The van der Waals surface area contributed by atoms with Crippen molar-refractivity contribution in [3.63, 3.8) is 0 Å². The molecule has 0 aliphatic heterocycles. The van der Waals surface area contributed by atoms with E-state index in [9.17, 15) is 8.42 Å². The van der Waals surface area contributed by atoms with Gasteiger partial charge in [-0.2, -0.15) is 0 Å². The van der Waals surface area contributed by atoms with Crippen LogP contribution in [-0.2, 0) is 10.0 Å². The van der Waals surface area contributed by atoms with Gasteiger partial charge in [0.25, 0.3) is 10.0 Å². The van der Waals surface area contributed by atoms with Crippen LogP contribution in [0.2, 0.25) is 10.0 Å². The van der Waals surface area contributed by atoms with Crippen LogP contribution in [0.25, 0.3) is 0 Å². The number of halogens is 3. The molecule has 0 spiro atoms. The molecule has 0 saturated heterocycles. The standard InChI is InChI=1S/C12H9BrCl2N2O2S/c1-7-10(5-6-11(13)16-7)17-20(18,19)12-8(14)3-2-4-9(12)15/h2-6,17H,1H3. The zero-order valence-electron chi connectivity index (χ0n) is 10.2. The molecule has 1 heterocycles. The van der Waals surface area contributed by atoms with Gasteiger partial charge < -0.3 is 0 Å². The molecular weight excluding hydrogens is 387 g/mol. The Balaban J connectivity index is 2.46. The van der Waals surface area contributed by atoms with Gasteiger partial charge in [0.2, 0.25) is 0 Å². The summed E-state index contributed by atoms with van der Waals surface area (Å²) in [6.45, 7) is 1.69. The summed E-state index contributed by atoms with van der Waals surface area (Å²) < 4.78 is 27.8. The van der Waals surface area contributed by atoms with E-state index in [0.717, 1.165) is 0 Å². The highest BCUT2D eigenvalue weighted by molar-refractivity contribution is 9.10. The zero-order valence-corrected chi connectivity index (χ0v) is 14.1. The Hall–Kier alpha value is -0.820. The van der Waals surface area contributed by atoms with Crippen molar-refractivity contribution in [1.82, 2.24) is 4.98 Å². The highest BCUT2D eigenvalue weighted by Gasteiger charge is 2.22. The van der Waals surface area contributed by atoms with E-state index in [-0.39, 0.29) is 14.9 Å². The summed E-state index contributed by atoms with van der Waals surface area (Å²) in [6.07, 6.45) is 0. The van der Waals surface area contributed by atoms with Gasteiger partial charge >= 0.3 is 0 Å². The number of nitrogens with one attached hydrogen (secondary N) is 1. The summed E-state index contributed by atoms with van der Waals surface area (Å²) in [4.78, 5) is 3.97. The summed E-state index contributed by atoms with van der Waals surface area (Å²) in [5.41, 5.74) is 0.898. The monoisotopic (exact) mass is 394 g/mol. The van der Waals surface area contributed by atoms with Crippen molar-refractivity contribution in [1.29, 1.82) is 0 Å². The topological polar surface area (TPSA) is 59.1 Å². The number of benzene rings is 1. The number of aromatic nitrogens is 1. The van der Waals surface area contributed by atoms with Crippen LogP contribution >= 0.6 is 39.1 Å². The molecule has 0 fully saturated rings. The third kappa shape index (κ3) is 3.25. The number of nitrogens with zero attached hydrogens (tertiary/aromatic N) is 1. The number of pyridine rings is 1. The lowest BCUT2D eigenvalue weighted by Gasteiger charge is -2.12. The van der Waals surface area contributed by atoms with E-state index < -0.39 is 10.0 Å². The van der Waals surface area contributed by atoms with Crippen LogP contribution in [-0.4, -0.2) is 13.4 Å². The van der Waals surface area contributed by atoms with E-state index in [2.05, 4.69) is 25.6 Å². The number of aryl methyl sites for hydroxylation is 1. The predicted octanol–water partition coefficient (Wildman–Crippen LogP) is 4.26. The highest BCUT2D eigenvalue weighted by atomic mass is 79.9. The average molecular weight is 396 g/mol. The van der Waals surface area contributed by atoms with Crippen molar-refractivity contribution in [2.24, 2.45) is 0 Å². The van der Waals surface area contributed by atoms with Crippen LogP contribution in [0.5, 0.6) is 0 Å². The van der Waals surface area contributed by atoms with Crippen LogP contribution in [0.15, 0.2) is 39.8 Å². The van der Waals surface area contributed by atoms with Crippen molar-refractivity contribution in [2.75, 3.05) is 4.72 Å². The first-order valence-electron chi connectivity index (χ1n) is 5.41. The van der Waals surface area contributed by atoms with Gasteiger partial charge in [0.05, 0.1) is 21.4 Å². The van der Waals surface area contributed by atoms with Crippen molar-refractivity contribution in [3.05, 3.63) is 50.7 Å². The van der Waals surface area contributed by atoms with Crippen molar-refractivity contribution in [2.45, 2.75) is 11.8 Å². The molecule has 2 rings (SSSR count). The minimum Gasteiger partial charge on any atom is -0.278 e. The van der Waals surface area contributed by atoms with Crippen LogP contribution < -0.4 is 4.72 Å². The van der Waals surface area contributed by atoms with E-state index in [1.54, 1.807) is 25.1 Å². The Labute approximate surface area is 135 Å². The molecule has 106 valence electrons.